The molecule has 0 amide bonds. The highest BCUT2D eigenvalue weighted by molar-refractivity contribution is 5.57. The standard InChI is InChI=1S/C14H22F3N5/c1-13(2,9-18)21-10-7-11(14(15,16)17)12(20-8-10)22-5-3-19-4-6-22/h7-8,19,21H,3-6,9,18H2,1-2H3. The molecule has 1 aliphatic rings. The number of rotatable bonds is 4. The van der Waals surface area contributed by atoms with Crippen LogP contribution in [0.2, 0.25) is 0 Å². The Labute approximate surface area is 128 Å². The van der Waals surface area contributed by atoms with E-state index in [1.807, 2.05) is 13.8 Å². The smallest absolute Gasteiger partial charge is 0.378 e. The van der Waals surface area contributed by atoms with E-state index in [9.17, 15) is 13.2 Å². The SMILES string of the molecule is CC(C)(CN)Nc1cnc(N2CCNCC2)c(C(F)(F)F)c1. The molecule has 2 heterocycles. The Morgan fingerprint density at radius 1 is 1.32 bits per heavy atom. The van der Waals surface area contributed by atoms with Gasteiger partial charge in [-0.1, -0.05) is 0 Å². The van der Waals surface area contributed by atoms with Gasteiger partial charge in [0.2, 0.25) is 0 Å². The zero-order valence-corrected chi connectivity index (χ0v) is 12.8. The lowest BCUT2D eigenvalue weighted by Gasteiger charge is -2.31. The van der Waals surface area contributed by atoms with Gasteiger partial charge in [-0.2, -0.15) is 13.2 Å². The Balaban J connectivity index is 2.34. The minimum absolute atomic E-state index is 0.00916. The summed E-state index contributed by atoms with van der Waals surface area (Å²) >= 11 is 0. The molecule has 1 aromatic heterocycles. The summed E-state index contributed by atoms with van der Waals surface area (Å²) in [4.78, 5) is 5.73. The predicted octanol–water partition coefficient (Wildman–Crippen LogP) is 1.66. The highest BCUT2D eigenvalue weighted by Gasteiger charge is 2.36. The molecule has 4 N–H and O–H groups in total. The minimum Gasteiger partial charge on any atom is -0.378 e. The molecule has 1 aliphatic heterocycles. The predicted molar refractivity (Wildman–Crippen MR) is 81.1 cm³/mol. The molecule has 5 nitrogen and oxygen atoms in total. The van der Waals surface area contributed by atoms with Gasteiger partial charge < -0.3 is 21.3 Å². The molecule has 124 valence electrons. The summed E-state index contributed by atoms with van der Waals surface area (Å²) in [6, 6.07) is 1.11. The molecule has 0 bridgehead atoms. The summed E-state index contributed by atoms with van der Waals surface area (Å²) in [5.74, 6) is -0.00916. The minimum atomic E-state index is -4.45. The van der Waals surface area contributed by atoms with Gasteiger partial charge in [-0.25, -0.2) is 4.98 Å². The maximum Gasteiger partial charge on any atom is 0.420 e. The molecule has 0 aromatic carbocycles. The molecule has 22 heavy (non-hydrogen) atoms. The number of hydrogen-bond acceptors (Lipinski definition) is 5. The van der Waals surface area contributed by atoms with Crippen LogP contribution in [-0.2, 0) is 6.18 Å². The second kappa shape index (κ2) is 6.29. The van der Waals surface area contributed by atoms with E-state index in [0.717, 1.165) is 6.07 Å². The van der Waals surface area contributed by atoms with Crippen LogP contribution >= 0.6 is 0 Å². The van der Waals surface area contributed by atoms with Crippen LogP contribution in [0.15, 0.2) is 12.3 Å². The van der Waals surface area contributed by atoms with Crippen LogP contribution in [0.5, 0.6) is 0 Å². The van der Waals surface area contributed by atoms with E-state index >= 15 is 0 Å². The molecule has 0 aliphatic carbocycles. The summed E-state index contributed by atoms with van der Waals surface area (Å²) in [5, 5.41) is 6.11. The van der Waals surface area contributed by atoms with Gasteiger partial charge in [0.25, 0.3) is 0 Å². The first-order valence-corrected chi connectivity index (χ1v) is 7.24. The van der Waals surface area contributed by atoms with Gasteiger partial charge in [-0.3, -0.25) is 0 Å². The van der Waals surface area contributed by atoms with Gasteiger partial charge in [0.15, 0.2) is 0 Å². The molecule has 0 unspecified atom stereocenters. The van der Waals surface area contributed by atoms with E-state index < -0.39 is 17.3 Å². The molecule has 0 atom stereocenters. The average Bonchev–Trinajstić information content (AvgIpc) is 2.47. The van der Waals surface area contributed by atoms with E-state index in [1.54, 1.807) is 4.90 Å². The van der Waals surface area contributed by atoms with E-state index in [-0.39, 0.29) is 5.82 Å². The first-order chi connectivity index (χ1) is 10.2. The van der Waals surface area contributed by atoms with Crippen molar-refractivity contribution in [1.82, 2.24) is 10.3 Å². The summed E-state index contributed by atoms with van der Waals surface area (Å²) in [6.07, 6.45) is -3.01. The van der Waals surface area contributed by atoms with Gasteiger partial charge in [0.1, 0.15) is 11.4 Å². The van der Waals surface area contributed by atoms with Crippen molar-refractivity contribution >= 4 is 11.5 Å². The maximum absolute atomic E-state index is 13.4. The molecule has 1 aromatic rings. The fourth-order valence-electron chi connectivity index (χ4n) is 2.30. The second-order valence-corrected chi connectivity index (χ2v) is 6.04. The van der Waals surface area contributed by atoms with Gasteiger partial charge in [-0.15, -0.1) is 0 Å². The highest BCUT2D eigenvalue weighted by Crippen LogP contribution is 2.37. The Morgan fingerprint density at radius 2 is 1.95 bits per heavy atom. The molecular formula is C14H22F3N5. The van der Waals surface area contributed by atoms with E-state index in [1.165, 1.54) is 6.20 Å². The zero-order chi connectivity index (χ0) is 16.4. The number of nitrogens with zero attached hydrogens (tertiary/aromatic N) is 2. The molecule has 0 radical (unpaired) electrons. The van der Waals surface area contributed by atoms with Crippen molar-refractivity contribution in [3.05, 3.63) is 17.8 Å². The van der Waals surface area contributed by atoms with Crippen LogP contribution in [0.1, 0.15) is 19.4 Å². The third-order valence-electron chi connectivity index (χ3n) is 3.58. The number of pyridine rings is 1. The topological polar surface area (TPSA) is 66.2 Å². The van der Waals surface area contributed by atoms with Crippen LogP contribution in [0, 0.1) is 0 Å². The first kappa shape index (κ1) is 16.8. The maximum atomic E-state index is 13.4. The summed E-state index contributed by atoms with van der Waals surface area (Å²) in [6.45, 7) is 6.27. The lowest BCUT2D eigenvalue weighted by Crippen LogP contribution is -2.44. The number of piperazine rings is 1. The van der Waals surface area contributed by atoms with Crippen molar-refractivity contribution in [1.29, 1.82) is 0 Å². The zero-order valence-electron chi connectivity index (χ0n) is 12.8. The Morgan fingerprint density at radius 3 is 2.50 bits per heavy atom. The lowest BCUT2D eigenvalue weighted by atomic mass is 10.1. The third-order valence-corrected chi connectivity index (χ3v) is 3.58. The van der Waals surface area contributed by atoms with Crippen LogP contribution in [-0.4, -0.2) is 43.2 Å². The second-order valence-electron chi connectivity index (χ2n) is 6.04. The number of halogens is 3. The van der Waals surface area contributed by atoms with Crippen molar-refractivity contribution in [2.45, 2.75) is 25.6 Å². The molecule has 8 heteroatoms. The molecule has 2 rings (SSSR count). The lowest BCUT2D eigenvalue weighted by molar-refractivity contribution is -0.137. The Kier molecular flexibility index (Phi) is 4.81. The van der Waals surface area contributed by atoms with Gasteiger partial charge >= 0.3 is 6.18 Å². The molecular weight excluding hydrogens is 295 g/mol. The van der Waals surface area contributed by atoms with Crippen molar-refractivity contribution in [3.63, 3.8) is 0 Å². The average molecular weight is 317 g/mol. The highest BCUT2D eigenvalue weighted by atomic mass is 19.4. The van der Waals surface area contributed by atoms with Crippen molar-refractivity contribution in [3.8, 4) is 0 Å². The number of nitrogens with one attached hydrogen (secondary N) is 2. The molecule has 0 saturated carbocycles. The molecule has 1 fully saturated rings. The molecule has 0 spiro atoms. The third kappa shape index (κ3) is 4.01. The number of aromatic nitrogens is 1. The number of hydrogen-bond donors (Lipinski definition) is 3. The fourth-order valence-corrected chi connectivity index (χ4v) is 2.30. The summed E-state index contributed by atoms with van der Waals surface area (Å²) < 4.78 is 40.1. The monoisotopic (exact) mass is 317 g/mol. The summed E-state index contributed by atoms with van der Waals surface area (Å²) in [7, 11) is 0. The van der Waals surface area contributed by atoms with Crippen molar-refractivity contribution in [2.75, 3.05) is 42.9 Å². The number of anilines is 2. The van der Waals surface area contributed by atoms with Gasteiger partial charge in [0.05, 0.1) is 11.9 Å². The number of alkyl halides is 3. The van der Waals surface area contributed by atoms with Crippen molar-refractivity contribution in [2.24, 2.45) is 5.73 Å². The largest absolute Gasteiger partial charge is 0.420 e. The molecule has 1 saturated heterocycles. The van der Waals surface area contributed by atoms with Gasteiger partial charge in [-0.05, 0) is 19.9 Å². The van der Waals surface area contributed by atoms with Crippen LogP contribution < -0.4 is 21.3 Å². The first-order valence-electron chi connectivity index (χ1n) is 7.24. The van der Waals surface area contributed by atoms with Crippen LogP contribution in [0.4, 0.5) is 24.7 Å². The van der Waals surface area contributed by atoms with Crippen LogP contribution in [0.3, 0.4) is 0 Å². The quantitative estimate of drug-likeness (QED) is 0.788. The van der Waals surface area contributed by atoms with E-state index in [4.69, 9.17) is 5.73 Å². The van der Waals surface area contributed by atoms with Crippen molar-refractivity contribution < 1.29 is 13.2 Å². The van der Waals surface area contributed by atoms with Gasteiger partial charge in [0, 0.05) is 38.3 Å². The Hall–Kier alpha value is -1.54. The number of nitrogens with two attached hydrogens (primary N) is 1. The Bertz CT molecular complexity index is 510. The normalized spacial score (nSPS) is 16.7. The summed E-state index contributed by atoms with van der Waals surface area (Å²) in [5.41, 5.74) is 4.71. The van der Waals surface area contributed by atoms with E-state index in [2.05, 4.69) is 15.6 Å². The van der Waals surface area contributed by atoms with E-state index in [0.29, 0.717) is 38.4 Å². The fraction of sp³-hybridized carbons (Fsp3) is 0.643. The van der Waals surface area contributed by atoms with Crippen LogP contribution in [0.25, 0.3) is 0 Å².